The van der Waals surface area contributed by atoms with Crippen LogP contribution in [0, 0.1) is 6.92 Å². The van der Waals surface area contributed by atoms with Gasteiger partial charge in [0.05, 0.1) is 15.7 Å². The van der Waals surface area contributed by atoms with Crippen LogP contribution in [0.15, 0.2) is 47.4 Å². The number of carbonyl (C=O) groups excluding carboxylic acids is 2. The van der Waals surface area contributed by atoms with Crippen molar-refractivity contribution in [2.24, 2.45) is 0 Å². The topological polar surface area (TPSA) is 80.3 Å². The first-order valence-corrected chi connectivity index (χ1v) is 9.62. The van der Waals surface area contributed by atoms with Crippen molar-refractivity contribution in [3.8, 4) is 0 Å². The maximum Gasteiger partial charge on any atom is 0.225 e. The number of rotatable bonds is 6. The third-order valence-corrected chi connectivity index (χ3v) is 5.90. The Balaban J connectivity index is 2.08. The van der Waals surface area contributed by atoms with E-state index in [1.54, 1.807) is 37.3 Å². The third kappa shape index (κ3) is 4.90. The van der Waals surface area contributed by atoms with E-state index in [-0.39, 0.29) is 27.9 Å². The molecule has 2 aromatic carbocycles. The van der Waals surface area contributed by atoms with Gasteiger partial charge < -0.3 is 5.32 Å². The summed E-state index contributed by atoms with van der Waals surface area (Å²) in [7, 11) is -3.66. The number of carbonyl (C=O) groups is 2. The second-order valence-electron chi connectivity index (χ2n) is 5.63. The van der Waals surface area contributed by atoms with Crippen molar-refractivity contribution in [2.75, 3.05) is 11.1 Å². The predicted molar refractivity (Wildman–Crippen MR) is 97.9 cm³/mol. The van der Waals surface area contributed by atoms with Gasteiger partial charge in [0.2, 0.25) is 5.91 Å². The molecule has 0 aliphatic heterocycles. The first kappa shape index (κ1) is 19.1. The maximum atomic E-state index is 12.3. The van der Waals surface area contributed by atoms with Crippen LogP contribution in [-0.2, 0) is 14.6 Å². The van der Waals surface area contributed by atoms with Crippen LogP contribution in [0.2, 0.25) is 5.02 Å². The lowest BCUT2D eigenvalue weighted by Crippen LogP contribution is -2.18. The van der Waals surface area contributed by atoms with Gasteiger partial charge in [0.25, 0.3) is 0 Å². The largest absolute Gasteiger partial charge is 0.326 e. The number of nitrogens with one attached hydrogen (secondary N) is 1. The van der Waals surface area contributed by atoms with Gasteiger partial charge in [-0.3, -0.25) is 9.59 Å². The van der Waals surface area contributed by atoms with E-state index < -0.39 is 15.7 Å². The Hall–Kier alpha value is -2.18. The van der Waals surface area contributed by atoms with Crippen molar-refractivity contribution < 1.29 is 18.0 Å². The van der Waals surface area contributed by atoms with Crippen LogP contribution < -0.4 is 5.32 Å². The monoisotopic (exact) mass is 379 g/mol. The summed E-state index contributed by atoms with van der Waals surface area (Å²) in [5.41, 5.74) is 1.75. The zero-order valence-electron chi connectivity index (χ0n) is 13.9. The Kier molecular flexibility index (Phi) is 5.98. The smallest absolute Gasteiger partial charge is 0.225 e. The summed E-state index contributed by atoms with van der Waals surface area (Å²) in [6.45, 7) is 3.23. The van der Waals surface area contributed by atoms with Gasteiger partial charge in [0.15, 0.2) is 15.6 Å². The van der Waals surface area contributed by atoms with Gasteiger partial charge in [-0.25, -0.2) is 8.42 Å². The zero-order valence-corrected chi connectivity index (χ0v) is 15.4. The van der Waals surface area contributed by atoms with Crippen LogP contribution in [0.1, 0.15) is 29.3 Å². The molecule has 2 aromatic rings. The van der Waals surface area contributed by atoms with Gasteiger partial charge in [0, 0.05) is 17.7 Å². The summed E-state index contributed by atoms with van der Waals surface area (Å²) < 4.78 is 24.6. The lowest BCUT2D eigenvalue weighted by molar-refractivity contribution is -0.115. The van der Waals surface area contributed by atoms with E-state index in [0.29, 0.717) is 11.3 Å². The summed E-state index contributed by atoms with van der Waals surface area (Å²) in [6, 6.07) is 11.1. The Morgan fingerprint density at radius 2 is 1.80 bits per heavy atom. The normalized spacial score (nSPS) is 11.2. The molecule has 132 valence electrons. The Morgan fingerprint density at radius 3 is 2.44 bits per heavy atom. The zero-order chi connectivity index (χ0) is 18.6. The summed E-state index contributed by atoms with van der Waals surface area (Å²) in [5, 5.41) is 2.79. The Labute approximate surface area is 151 Å². The maximum absolute atomic E-state index is 12.3. The lowest BCUT2D eigenvalue weighted by Gasteiger charge is -2.10. The number of sulfone groups is 1. The number of aryl methyl sites for hydroxylation is 1. The molecule has 2 rings (SSSR count). The minimum absolute atomic E-state index is 0.0132. The molecule has 0 saturated heterocycles. The molecule has 1 N–H and O–H groups in total. The number of benzene rings is 2. The molecule has 0 radical (unpaired) electrons. The molecule has 0 unspecified atom stereocenters. The molecule has 5 nitrogen and oxygen atoms in total. The highest BCUT2D eigenvalue weighted by Crippen LogP contribution is 2.22. The van der Waals surface area contributed by atoms with Gasteiger partial charge in [-0.1, -0.05) is 35.9 Å². The van der Waals surface area contributed by atoms with Crippen molar-refractivity contribution >= 4 is 38.8 Å². The fraction of sp³-hybridized carbons (Fsp3) is 0.222. The van der Waals surface area contributed by atoms with Crippen molar-refractivity contribution in [3.63, 3.8) is 0 Å². The summed E-state index contributed by atoms with van der Waals surface area (Å²) in [5.74, 6) is -0.912. The molecule has 7 heteroatoms. The second-order valence-corrected chi connectivity index (χ2v) is 8.12. The van der Waals surface area contributed by atoms with E-state index in [4.69, 9.17) is 11.6 Å². The van der Waals surface area contributed by atoms with Gasteiger partial charge in [-0.15, -0.1) is 0 Å². The van der Waals surface area contributed by atoms with Crippen LogP contribution in [0.25, 0.3) is 0 Å². The number of ketones is 1. The molecule has 0 atom stereocenters. The predicted octanol–water partition coefficient (Wildman–Crippen LogP) is 3.65. The van der Waals surface area contributed by atoms with E-state index in [9.17, 15) is 18.0 Å². The van der Waals surface area contributed by atoms with Crippen molar-refractivity contribution in [1.82, 2.24) is 0 Å². The van der Waals surface area contributed by atoms with Gasteiger partial charge in [0.1, 0.15) is 0 Å². The molecule has 0 aromatic heterocycles. The highest BCUT2D eigenvalue weighted by atomic mass is 35.5. The molecular formula is C18H18ClNO4S. The van der Waals surface area contributed by atoms with Crippen LogP contribution >= 0.6 is 11.6 Å². The standard InChI is InChI=1S/C18H18ClNO4S/c1-12-7-8-14(13(2)21)11-16(12)20-18(22)9-10-25(23,24)17-6-4-3-5-15(17)19/h3-8,11H,9-10H2,1-2H3,(H,20,22). The first-order valence-electron chi connectivity index (χ1n) is 7.59. The van der Waals surface area contributed by atoms with Crippen LogP contribution in [0.5, 0.6) is 0 Å². The average molecular weight is 380 g/mol. The molecule has 0 fully saturated rings. The van der Waals surface area contributed by atoms with E-state index in [1.165, 1.54) is 19.1 Å². The highest BCUT2D eigenvalue weighted by Gasteiger charge is 2.19. The Morgan fingerprint density at radius 1 is 1.12 bits per heavy atom. The van der Waals surface area contributed by atoms with Gasteiger partial charge in [-0.2, -0.15) is 0 Å². The Bertz CT molecular complexity index is 922. The summed E-state index contributed by atoms with van der Waals surface area (Å²) >= 11 is 5.91. The van der Waals surface area contributed by atoms with Crippen molar-refractivity contribution in [3.05, 3.63) is 58.6 Å². The van der Waals surface area contributed by atoms with Crippen LogP contribution in [0.3, 0.4) is 0 Å². The number of hydrogen-bond donors (Lipinski definition) is 1. The van der Waals surface area contributed by atoms with E-state index in [0.717, 1.165) is 5.56 Å². The molecule has 25 heavy (non-hydrogen) atoms. The lowest BCUT2D eigenvalue weighted by atomic mass is 10.1. The molecule has 0 aliphatic carbocycles. The number of hydrogen-bond acceptors (Lipinski definition) is 4. The summed E-state index contributed by atoms with van der Waals surface area (Å²) in [6.07, 6.45) is -0.211. The fourth-order valence-electron chi connectivity index (χ4n) is 2.22. The molecular weight excluding hydrogens is 362 g/mol. The molecule has 0 aliphatic rings. The van der Waals surface area contributed by atoms with Crippen LogP contribution in [-0.4, -0.2) is 25.9 Å². The third-order valence-electron chi connectivity index (χ3n) is 3.69. The van der Waals surface area contributed by atoms with Gasteiger partial charge in [-0.05, 0) is 37.6 Å². The molecule has 1 amide bonds. The minimum Gasteiger partial charge on any atom is -0.326 e. The highest BCUT2D eigenvalue weighted by molar-refractivity contribution is 7.91. The fourth-order valence-corrected chi connectivity index (χ4v) is 4.04. The molecule has 0 bridgehead atoms. The van der Waals surface area contributed by atoms with E-state index in [2.05, 4.69) is 5.32 Å². The first-order chi connectivity index (χ1) is 11.7. The number of halogens is 1. The van der Waals surface area contributed by atoms with Crippen LogP contribution in [0.4, 0.5) is 5.69 Å². The molecule has 0 spiro atoms. The molecule has 0 saturated carbocycles. The van der Waals surface area contributed by atoms with Gasteiger partial charge >= 0.3 is 0 Å². The van der Waals surface area contributed by atoms with E-state index in [1.807, 2.05) is 0 Å². The second kappa shape index (κ2) is 7.80. The SMILES string of the molecule is CC(=O)c1ccc(C)c(NC(=O)CCS(=O)(=O)c2ccccc2Cl)c1. The number of Topliss-reactive ketones (excluding diaryl/α,β-unsaturated/α-hetero) is 1. The average Bonchev–Trinajstić information content (AvgIpc) is 2.55. The van der Waals surface area contributed by atoms with Crippen molar-refractivity contribution in [2.45, 2.75) is 25.2 Å². The quantitative estimate of drug-likeness (QED) is 0.777. The number of anilines is 1. The van der Waals surface area contributed by atoms with E-state index >= 15 is 0 Å². The summed E-state index contributed by atoms with van der Waals surface area (Å²) in [4.78, 5) is 23.6. The van der Waals surface area contributed by atoms with Crippen molar-refractivity contribution in [1.29, 1.82) is 0 Å². The minimum atomic E-state index is -3.66. The number of amides is 1. The molecule has 0 heterocycles.